The number of alkyl halides is 2. The summed E-state index contributed by atoms with van der Waals surface area (Å²) in [6, 6.07) is 11.8. The number of halogens is 2. The Morgan fingerprint density at radius 2 is 1.74 bits per heavy atom. The normalized spacial score (nSPS) is 10.7. The molecule has 0 bridgehead atoms. The van der Waals surface area contributed by atoms with Crippen LogP contribution in [0, 0.1) is 13.8 Å². The average Bonchev–Trinajstić information content (AvgIpc) is 2.46. The van der Waals surface area contributed by atoms with Crippen molar-refractivity contribution < 1.29 is 18.3 Å². The second-order valence-electron chi connectivity index (χ2n) is 5.27. The molecule has 0 unspecified atom stereocenters. The second-order valence-corrected chi connectivity index (χ2v) is 5.27. The van der Waals surface area contributed by atoms with Crippen LogP contribution in [0.4, 0.5) is 14.5 Å². The van der Waals surface area contributed by atoms with Gasteiger partial charge in [-0.05, 0) is 56.2 Å². The molecule has 122 valence electrons. The summed E-state index contributed by atoms with van der Waals surface area (Å²) >= 11 is 0. The zero-order valence-corrected chi connectivity index (χ0v) is 13.3. The molecular formula is C18H19F2NO2. The van der Waals surface area contributed by atoms with E-state index in [9.17, 15) is 13.6 Å². The predicted octanol–water partition coefficient (Wildman–Crippen LogP) is 4.57. The molecule has 0 radical (unpaired) electrons. The van der Waals surface area contributed by atoms with Crippen LogP contribution in [0.15, 0.2) is 42.5 Å². The first-order valence-electron chi connectivity index (χ1n) is 7.36. The Hall–Kier alpha value is -2.43. The van der Waals surface area contributed by atoms with Crippen LogP contribution in [-0.4, -0.2) is 19.1 Å². The number of ether oxygens (including phenoxy) is 1. The minimum atomic E-state index is -2.97. The maximum absolute atomic E-state index is 12.8. The number of benzene rings is 2. The third kappa shape index (κ3) is 4.06. The summed E-state index contributed by atoms with van der Waals surface area (Å²) in [4.78, 5) is 14.4. The highest BCUT2D eigenvalue weighted by Crippen LogP contribution is 2.26. The Balaban J connectivity index is 2.41. The number of nitrogens with zero attached hydrogens (tertiary/aromatic N) is 1. The number of hydrogen-bond acceptors (Lipinski definition) is 2. The van der Waals surface area contributed by atoms with Gasteiger partial charge in [0.25, 0.3) is 5.91 Å². The smallest absolute Gasteiger partial charge is 0.387 e. The quantitative estimate of drug-likeness (QED) is 0.808. The van der Waals surface area contributed by atoms with Crippen LogP contribution >= 0.6 is 0 Å². The number of rotatable bonds is 5. The van der Waals surface area contributed by atoms with E-state index in [0.29, 0.717) is 6.54 Å². The van der Waals surface area contributed by atoms with E-state index in [1.54, 1.807) is 17.0 Å². The number of aryl methyl sites for hydroxylation is 2. The van der Waals surface area contributed by atoms with E-state index < -0.39 is 6.61 Å². The van der Waals surface area contributed by atoms with E-state index in [4.69, 9.17) is 0 Å². The van der Waals surface area contributed by atoms with Gasteiger partial charge in [0.15, 0.2) is 0 Å². The molecule has 5 heteroatoms. The van der Waals surface area contributed by atoms with Crippen molar-refractivity contribution in [1.82, 2.24) is 0 Å². The Bertz CT molecular complexity index is 681. The summed E-state index contributed by atoms with van der Waals surface area (Å²) in [7, 11) is 0. The lowest BCUT2D eigenvalue weighted by Gasteiger charge is -2.23. The fourth-order valence-corrected chi connectivity index (χ4v) is 2.54. The molecule has 0 aromatic heterocycles. The fourth-order valence-electron chi connectivity index (χ4n) is 2.54. The molecule has 1 amide bonds. The van der Waals surface area contributed by atoms with Gasteiger partial charge in [0.2, 0.25) is 0 Å². The lowest BCUT2D eigenvalue weighted by Crippen LogP contribution is -2.31. The van der Waals surface area contributed by atoms with Gasteiger partial charge in [-0.1, -0.05) is 18.2 Å². The monoisotopic (exact) mass is 319 g/mol. The molecule has 0 aliphatic rings. The van der Waals surface area contributed by atoms with E-state index >= 15 is 0 Å². The number of carbonyl (C=O) groups is 1. The highest BCUT2D eigenvalue weighted by molar-refractivity contribution is 6.07. The van der Waals surface area contributed by atoms with Crippen molar-refractivity contribution in [3.05, 3.63) is 59.2 Å². The van der Waals surface area contributed by atoms with E-state index in [0.717, 1.165) is 16.8 Å². The molecule has 0 saturated carbocycles. The van der Waals surface area contributed by atoms with E-state index in [1.807, 2.05) is 39.0 Å². The van der Waals surface area contributed by atoms with Crippen LogP contribution in [-0.2, 0) is 0 Å². The highest BCUT2D eigenvalue weighted by Gasteiger charge is 2.21. The van der Waals surface area contributed by atoms with Gasteiger partial charge >= 0.3 is 6.61 Å². The van der Waals surface area contributed by atoms with Crippen molar-refractivity contribution in [2.45, 2.75) is 27.4 Å². The number of anilines is 1. The molecule has 0 saturated heterocycles. The van der Waals surface area contributed by atoms with Crippen LogP contribution < -0.4 is 9.64 Å². The molecule has 2 rings (SSSR count). The van der Waals surface area contributed by atoms with Crippen LogP contribution in [0.3, 0.4) is 0 Å². The first kappa shape index (κ1) is 16.9. The minimum absolute atomic E-state index is 0.115. The fraction of sp³-hybridized carbons (Fsp3) is 0.278. The highest BCUT2D eigenvalue weighted by atomic mass is 19.3. The van der Waals surface area contributed by atoms with Crippen LogP contribution in [0.2, 0.25) is 0 Å². The van der Waals surface area contributed by atoms with Crippen molar-refractivity contribution in [3.8, 4) is 5.75 Å². The summed E-state index contributed by atoms with van der Waals surface area (Å²) in [5.74, 6) is -0.482. The number of carbonyl (C=O) groups excluding carboxylic acids is 1. The zero-order chi connectivity index (χ0) is 17.0. The number of hydrogen-bond donors (Lipinski definition) is 0. The largest absolute Gasteiger partial charge is 0.434 e. The third-order valence-corrected chi connectivity index (χ3v) is 3.41. The maximum Gasteiger partial charge on any atom is 0.387 e. The van der Waals surface area contributed by atoms with E-state index in [-0.39, 0.29) is 17.2 Å². The molecule has 23 heavy (non-hydrogen) atoms. The molecule has 0 atom stereocenters. The first-order valence-corrected chi connectivity index (χ1v) is 7.36. The van der Waals surface area contributed by atoms with E-state index in [1.165, 1.54) is 12.1 Å². The van der Waals surface area contributed by atoms with Crippen molar-refractivity contribution in [2.24, 2.45) is 0 Å². The Labute approximate surface area is 134 Å². The summed E-state index contributed by atoms with van der Waals surface area (Å²) in [5.41, 5.74) is 2.92. The maximum atomic E-state index is 12.8. The van der Waals surface area contributed by atoms with Gasteiger partial charge in [-0.2, -0.15) is 8.78 Å². The summed E-state index contributed by atoms with van der Waals surface area (Å²) in [6.07, 6.45) is 0. The summed E-state index contributed by atoms with van der Waals surface area (Å²) < 4.78 is 29.5. The lowest BCUT2D eigenvalue weighted by atomic mass is 10.1. The van der Waals surface area contributed by atoms with Crippen LogP contribution in [0.1, 0.15) is 28.4 Å². The van der Waals surface area contributed by atoms with Crippen LogP contribution in [0.5, 0.6) is 5.75 Å². The molecule has 0 N–H and O–H groups in total. The first-order chi connectivity index (χ1) is 10.9. The van der Waals surface area contributed by atoms with Crippen molar-refractivity contribution in [1.29, 1.82) is 0 Å². The van der Waals surface area contributed by atoms with Gasteiger partial charge in [0, 0.05) is 12.2 Å². The van der Waals surface area contributed by atoms with E-state index in [2.05, 4.69) is 4.74 Å². The third-order valence-electron chi connectivity index (χ3n) is 3.41. The standard InChI is InChI=1S/C18H19F2NO2/c1-4-21(14-10-12(2)9-13(3)11-14)17(22)15-7-5-6-8-16(15)23-18(19)20/h5-11,18H,4H2,1-3H3. The zero-order valence-electron chi connectivity index (χ0n) is 13.3. The molecule has 3 nitrogen and oxygen atoms in total. The molecule has 0 aliphatic heterocycles. The average molecular weight is 319 g/mol. The van der Waals surface area contributed by atoms with Gasteiger partial charge in [-0.3, -0.25) is 4.79 Å². The molecule has 0 spiro atoms. The molecule has 0 heterocycles. The van der Waals surface area contributed by atoms with Gasteiger partial charge in [-0.25, -0.2) is 0 Å². The molecule has 2 aromatic carbocycles. The topological polar surface area (TPSA) is 29.5 Å². The van der Waals surface area contributed by atoms with Crippen molar-refractivity contribution in [3.63, 3.8) is 0 Å². The Morgan fingerprint density at radius 1 is 1.13 bits per heavy atom. The molecule has 2 aromatic rings. The summed E-state index contributed by atoms with van der Waals surface area (Å²) in [5, 5.41) is 0. The SMILES string of the molecule is CCN(C(=O)c1ccccc1OC(F)F)c1cc(C)cc(C)c1. The Morgan fingerprint density at radius 3 is 2.30 bits per heavy atom. The van der Waals surface area contributed by atoms with Crippen molar-refractivity contribution >= 4 is 11.6 Å². The molecular weight excluding hydrogens is 300 g/mol. The van der Waals surface area contributed by atoms with Gasteiger partial charge < -0.3 is 9.64 Å². The second kappa shape index (κ2) is 7.22. The van der Waals surface area contributed by atoms with Crippen molar-refractivity contribution in [2.75, 3.05) is 11.4 Å². The van der Waals surface area contributed by atoms with Crippen LogP contribution in [0.25, 0.3) is 0 Å². The molecule has 0 fully saturated rings. The van der Waals surface area contributed by atoms with Gasteiger partial charge in [-0.15, -0.1) is 0 Å². The lowest BCUT2D eigenvalue weighted by molar-refractivity contribution is -0.0501. The predicted molar refractivity (Wildman–Crippen MR) is 86.3 cm³/mol. The molecule has 0 aliphatic carbocycles. The minimum Gasteiger partial charge on any atom is -0.434 e. The number of para-hydroxylation sites is 1. The van der Waals surface area contributed by atoms with Gasteiger partial charge in [0.05, 0.1) is 5.56 Å². The Kier molecular flexibility index (Phi) is 5.32. The van der Waals surface area contributed by atoms with Gasteiger partial charge in [0.1, 0.15) is 5.75 Å². The summed E-state index contributed by atoms with van der Waals surface area (Å²) in [6.45, 7) is 3.18. The number of amides is 1.